The molecule has 2 heterocycles. The molecule has 144 valence electrons. The van der Waals surface area contributed by atoms with Crippen LogP contribution >= 0.6 is 11.8 Å². The molecule has 7 heteroatoms. The van der Waals surface area contributed by atoms with Gasteiger partial charge in [-0.15, -0.1) is 0 Å². The Kier molecular flexibility index (Phi) is 5.48. The van der Waals surface area contributed by atoms with Crippen LogP contribution in [0.3, 0.4) is 0 Å². The van der Waals surface area contributed by atoms with Crippen LogP contribution < -0.4 is 4.74 Å². The Balaban J connectivity index is 1.42. The van der Waals surface area contributed by atoms with Crippen molar-refractivity contribution >= 4 is 11.8 Å². The lowest BCUT2D eigenvalue weighted by Gasteiger charge is -2.06. The highest BCUT2D eigenvalue weighted by Gasteiger charge is 2.06. The maximum Gasteiger partial charge on any atom is 0.321 e. The molecular weight excluding hydrogens is 387 g/mol. The predicted molar refractivity (Wildman–Crippen MR) is 110 cm³/mol. The number of nitrogens with zero attached hydrogens (tertiary/aromatic N) is 4. The van der Waals surface area contributed by atoms with Crippen LogP contribution in [0.4, 0.5) is 4.39 Å². The van der Waals surface area contributed by atoms with E-state index >= 15 is 0 Å². The fourth-order valence-corrected chi connectivity index (χ4v) is 3.55. The van der Waals surface area contributed by atoms with Gasteiger partial charge in [-0.1, -0.05) is 12.1 Å². The van der Waals surface area contributed by atoms with Crippen LogP contribution in [-0.4, -0.2) is 19.9 Å². The van der Waals surface area contributed by atoms with Gasteiger partial charge in [0.15, 0.2) is 5.16 Å². The van der Waals surface area contributed by atoms with Gasteiger partial charge < -0.3 is 4.74 Å². The molecule has 0 unspecified atom stereocenters. The third-order valence-corrected chi connectivity index (χ3v) is 4.88. The summed E-state index contributed by atoms with van der Waals surface area (Å²) in [4.78, 5) is 18.3. The van der Waals surface area contributed by atoms with Crippen molar-refractivity contribution in [3.8, 4) is 22.9 Å². The summed E-state index contributed by atoms with van der Waals surface area (Å²) >= 11 is 1.50. The maximum absolute atomic E-state index is 13.0. The Morgan fingerprint density at radius 1 is 0.793 bits per heavy atom. The van der Waals surface area contributed by atoms with Crippen molar-refractivity contribution in [1.29, 1.82) is 0 Å². The molecule has 0 aliphatic heterocycles. The first kappa shape index (κ1) is 19.0. The molecule has 0 N–H and O–H groups in total. The van der Waals surface area contributed by atoms with Crippen LogP contribution in [-0.2, 0) is 0 Å². The lowest BCUT2D eigenvalue weighted by atomic mass is 10.1. The molecule has 0 aliphatic carbocycles. The van der Waals surface area contributed by atoms with Gasteiger partial charge in [-0.3, -0.25) is 0 Å². The Morgan fingerprint density at radius 2 is 1.41 bits per heavy atom. The number of aromatic nitrogens is 4. The number of hydrogen-bond acceptors (Lipinski definition) is 6. The summed E-state index contributed by atoms with van der Waals surface area (Å²) < 4.78 is 18.7. The first-order valence-corrected chi connectivity index (χ1v) is 9.73. The van der Waals surface area contributed by atoms with Gasteiger partial charge in [0.05, 0.1) is 0 Å². The normalized spacial score (nSPS) is 10.7. The molecule has 0 aliphatic rings. The molecule has 0 spiro atoms. The van der Waals surface area contributed by atoms with Crippen LogP contribution in [0.15, 0.2) is 77.0 Å². The number of hydrogen-bond donors (Lipinski definition) is 0. The van der Waals surface area contributed by atoms with E-state index in [9.17, 15) is 4.39 Å². The molecule has 0 radical (unpaired) electrons. The van der Waals surface area contributed by atoms with E-state index in [-0.39, 0.29) is 11.8 Å². The van der Waals surface area contributed by atoms with Gasteiger partial charge in [0.2, 0.25) is 0 Å². The first-order valence-electron chi connectivity index (χ1n) is 8.91. The van der Waals surface area contributed by atoms with E-state index in [2.05, 4.69) is 19.9 Å². The van der Waals surface area contributed by atoms with Gasteiger partial charge in [-0.05, 0) is 73.6 Å². The minimum absolute atomic E-state index is 0.244. The van der Waals surface area contributed by atoms with E-state index in [0.717, 1.165) is 32.6 Å². The molecule has 0 saturated heterocycles. The van der Waals surface area contributed by atoms with E-state index < -0.39 is 0 Å². The van der Waals surface area contributed by atoms with Crippen molar-refractivity contribution in [3.05, 3.63) is 84.2 Å². The SMILES string of the molecule is Cc1cc(C)nc(Sc2ccc(Oc3ncc(-c4ccc(F)cc4)cn3)cc2)n1. The molecular formula is C22H17FN4OS. The Labute approximate surface area is 172 Å². The number of aryl methyl sites for hydroxylation is 2. The van der Waals surface area contributed by atoms with Crippen LogP contribution in [0.5, 0.6) is 11.8 Å². The smallest absolute Gasteiger partial charge is 0.321 e. The minimum atomic E-state index is -0.277. The molecule has 29 heavy (non-hydrogen) atoms. The standard InChI is InChI=1S/C22H17FN4OS/c1-14-11-15(2)27-22(26-14)29-20-9-7-19(8-10-20)28-21-24-12-17(13-25-21)16-3-5-18(23)6-4-16/h3-13H,1-2H3. The Bertz CT molecular complexity index is 1100. The number of rotatable bonds is 5. The number of ether oxygens (including phenoxy) is 1. The van der Waals surface area contributed by atoms with Crippen molar-refractivity contribution in [2.45, 2.75) is 23.9 Å². The fraction of sp³-hybridized carbons (Fsp3) is 0.0909. The molecule has 0 bridgehead atoms. The monoisotopic (exact) mass is 404 g/mol. The van der Waals surface area contributed by atoms with Gasteiger partial charge in [-0.2, -0.15) is 0 Å². The molecule has 4 rings (SSSR count). The average molecular weight is 404 g/mol. The molecule has 0 saturated carbocycles. The van der Waals surface area contributed by atoms with Crippen LogP contribution in [0.25, 0.3) is 11.1 Å². The van der Waals surface area contributed by atoms with Crippen LogP contribution in [0.1, 0.15) is 11.4 Å². The van der Waals surface area contributed by atoms with E-state index in [4.69, 9.17) is 4.74 Å². The fourth-order valence-electron chi connectivity index (χ4n) is 2.69. The van der Waals surface area contributed by atoms with Crippen molar-refractivity contribution < 1.29 is 9.13 Å². The van der Waals surface area contributed by atoms with Crippen molar-refractivity contribution in [2.24, 2.45) is 0 Å². The second kappa shape index (κ2) is 8.36. The zero-order chi connectivity index (χ0) is 20.2. The second-order valence-corrected chi connectivity index (χ2v) is 7.41. The molecule has 2 aromatic heterocycles. The Morgan fingerprint density at radius 3 is 2.03 bits per heavy atom. The number of benzene rings is 2. The zero-order valence-corrected chi connectivity index (χ0v) is 16.7. The quantitative estimate of drug-likeness (QED) is 0.402. The molecule has 5 nitrogen and oxygen atoms in total. The lowest BCUT2D eigenvalue weighted by Crippen LogP contribution is -1.93. The third-order valence-electron chi connectivity index (χ3n) is 4.01. The molecule has 2 aromatic carbocycles. The van der Waals surface area contributed by atoms with Crippen molar-refractivity contribution in [3.63, 3.8) is 0 Å². The highest BCUT2D eigenvalue weighted by molar-refractivity contribution is 7.99. The van der Waals surface area contributed by atoms with E-state index in [1.807, 2.05) is 44.2 Å². The first-order chi connectivity index (χ1) is 14.0. The molecule has 4 aromatic rings. The van der Waals surface area contributed by atoms with Gasteiger partial charge in [-0.25, -0.2) is 24.3 Å². The van der Waals surface area contributed by atoms with Gasteiger partial charge in [0.1, 0.15) is 11.6 Å². The van der Waals surface area contributed by atoms with Crippen LogP contribution in [0, 0.1) is 19.7 Å². The summed E-state index contributed by atoms with van der Waals surface area (Å²) in [5, 5.41) is 0.718. The van der Waals surface area contributed by atoms with Gasteiger partial charge in [0, 0.05) is 34.2 Å². The average Bonchev–Trinajstić information content (AvgIpc) is 2.70. The minimum Gasteiger partial charge on any atom is -0.424 e. The third kappa shape index (κ3) is 4.94. The number of halogens is 1. The summed E-state index contributed by atoms with van der Waals surface area (Å²) in [6.45, 7) is 3.91. The maximum atomic E-state index is 13.0. The summed E-state index contributed by atoms with van der Waals surface area (Å²) in [5.74, 6) is 0.352. The van der Waals surface area contributed by atoms with E-state index in [1.54, 1.807) is 24.5 Å². The summed E-state index contributed by atoms with van der Waals surface area (Å²) in [6.07, 6.45) is 3.30. The predicted octanol–water partition coefficient (Wildman–Crippen LogP) is 5.63. The van der Waals surface area contributed by atoms with E-state index in [1.165, 1.54) is 23.9 Å². The highest BCUT2D eigenvalue weighted by Crippen LogP contribution is 2.28. The van der Waals surface area contributed by atoms with Crippen molar-refractivity contribution in [2.75, 3.05) is 0 Å². The molecule has 0 fully saturated rings. The molecule has 0 amide bonds. The summed E-state index contributed by atoms with van der Waals surface area (Å²) in [7, 11) is 0. The lowest BCUT2D eigenvalue weighted by molar-refractivity contribution is 0.441. The summed E-state index contributed by atoms with van der Waals surface area (Å²) in [6, 6.07) is 15.9. The second-order valence-electron chi connectivity index (χ2n) is 6.37. The largest absolute Gasteiger partial charge is 0.424 e. The topological polar surface area (TPSA) is 60.8 Å². The molecule has 0 atom stereocenters. The van der Waals surface area contributed by atoms with Crippen LogP contribution in [0.2, 0.25) is 0 Å². The highest BCUT2D eigenvalue weighted by atomic mass is 32.2. The Hall–Kier alpha value is -3.32. The zero-order valence-electron chi connectivity index (χ0n) is 15.8. The van der Waals surface area contributed by atoms with Gasteiger partial charge in [0.25, 0.3) is 0 Å². The summed E-state index contributed by atoms with van der Waals surface area (Å²) in [5.41, 5.74) is 3.52. The van der Waals surface area contributed by atoms with E-state index in [0.29, 0.717) is 5.75 Å². The van der Waals surface area contributed by atoms with Gasteiger partial charge >= 0.3 is 6.01 Å². The van der Waals surface area contributed by atoms with Crippen molar-refractivity contribution in [1.82, 2.24) is 19.9 Å².